The number of benzene rings is 1. The van der Waals surface area contributed by atoms with E-state index in [-0.39, 0.29) is 0 Å². The molecule has 0 amide bonds. The predicted molar refractivity (Wildman–Crippen MR) is 91.8 cm³/mol. The highest BCUT2D eigenvalue weighted by Crippen LogP contribution is 2.35. The lowest BCUT2D eigenvalue weighted by Gasteiger charge is -2.32. The molecular weight excluding hydrogens is 384 g/mol. The maximum Gasteiger partial charge on any atom is 0.135 e. The minimum absolute atomic E-state index is 0.547. The molecule has 1 fully saturated rings. The Kier molecular flexibility index (Phi) is 6.18. The summed E-state index contributed by atoms with van der Waals surface area (Å²) in [5, 5.41) is 3.64. The van der Waals surface area contributed by atoms with E-state index in [0.717, 1.165) is 20.4 Å². The molecule has 0 atom stereocenters. The average molecular weight is 406 g/mol. The van der Waals surface area contributed by atoms with Gasteiger partial charge in [-0.3, -0.25) is 0 Å². The first-order chi connectivity index (χ1) is 9.63. The molecule has 1 aromatic rings. The average Bonchev–Trinajstić information content (AvgIpc) is 2.44. The number of halogens is 2. The molecule has 112 valence electrons. The van der Waals surface area contributed by atoms with Crippen molar-refractivity contribution in [1.82, 2.24) is 4.90 Å². The van der Waals surface area contributed by atoms with E-state index < -0.39 is 0 Å². The van der Waals surface area contributed by atoms with E-state index >= 15 is 0 Å². The molecule has 1 aromatic carbocycles. The normalized spacial score (nSPS) is 17.2. The van der Waals surface area contributed by atoms with E-state index in [1.54, 1.807) is 7.11 Å². The van der Waals surface area contributed by atoms with Gasteiger partial charge in [-0.05, 0) is 63.7 Å². The lowest BCUT2D eigenvalue weighted by atomic mass is 10.0. The van der Waals surface area contributed by atoms with Gasteiger partial charge in [0.05, 0.1) is 17.3 Å². The van der Waals surface area contributed by atoms with Crippen LogP contribution >= 0.6 is 31.9 Å². The van der Waals surface area contributed by atoms with E-state index in [4.69, 9.17) is 4.74 Å². The van der Waals surface area contributed by atoms with Crippen LogP contribution in [0.3, 0.4) is 0 Å². The highest BCUT2D eigenvalue weighted by molar-refractivity contribution is 9.11. The third-order valence-electron chi connectivity index (χ3n) is 3.73. The summed E-state index contributed by atoms with van der Waals surface area (Å²) in [5.74, 6) is 0.860. The van der Waals surface area contributed by atoms with Gasteiger partial charge in [-0.1, -0.05) is 6.92 Å². The second kappa shape index (κ2) is 7.66. The molecule has 0 spiro atoms. The third-order valence-corrected chi connectivity index (χ3v) is 5.00. The fourth-order valence-electron chi connectivity index (χ4n) is 2.63. The molecule has 0 unspecified atom stereocenters. The quantitative estimate of drug-likeness (QED) is 0.779. The van der Waals surface area contributed by atoms with E-state index in [1.165, 1.54) is 38.9 Å². The zero-order valence-corrected chi connectivity index (χ0v) is 15.3. The molecule has 2 rings (SSSR count). The topological polar surface area (TPSA) is 24.5 Å². The molecule has 3 nitrogen and oxygen atoms in total. The van der Waals surface area contributed by atoms with Gasteiger partial charge < -0.3 is 15.0 Å². The predicted octanol–water partition coefficient (Wildman–Crippen LogP) is 4.51. The number of anilines is 1. The summed E-state index contributed by atoms with van der Waals surface area (Å²) in [6.07, 6.45) is 3.64. The van der Waals surface area contributed by atoms with Crippen LogP contribution in [-0.2, 0) is 0 Å². The molecule has 1 saturated heterocycles. The molecule has 0 aromatic heterocycles. The fourth-order valence-corrected chi connectivity index (χ4v) is 3.90. The third kappa shape index (κ3) is 4.12. The molecule has 1 aliphatic rings. The first kappa shape index (κ1) is 16.1. The first-order valence-electron chi connectivity index (χ1n) is 7.16. The maximum atomic E-state index is 5.36. The summed E-state index contributed by atoms with van der Waals surface area (Å²) in [7, 11) is 1.70. The molecule has 20 heavy (non-hydrogen) atoms. The van der Waals surface area contributed by atoms with Crippen molar-refractivity contribution in [2.24, 2.45) is 0 Å². The summed E-state index contributed by atoms with van der Waals surface area (Å²) >= 11 is 7.12. The van der Waals surface area contributed by atoms with Crippen LogP contribution in [0.15, 0.2) is 21.1 Å². The van der Waals surface area contributed by atoms with Crippen molar-refractivity contribution in [3.8, 4) is 5.75 Å². The number of rotatable bonds is 5. The molecule has 0 bridgehead atoms. The van der Waals surface area contributed by atoms with Gasteiger partial charge in [0.1, 0.15) is 5.75 Å². The number of piperidine rings is 1. The minimum atomic E-state index is 0.547. The smallest absolute Gasteiger partial charge is 0.135 e. The van der Waals surface area contributed by atoms with Crippen LogP contribution in [0.1, 0.15) is 26.2 Å². The Labute approximate surface area is 138 Å². The Morgan fingerprint density at radius 3 is 2.55 bits per heavy atom. The van der Waals surface area contributed by atoms with Gasteiger partial charge in [0.25, 0.3) is 0 Å². The minimum Gasteiger partial charge on any atom is -0.495 e. The molecule has 1 N–H and O–H groups in total. The number of hydrogen-bond acceptors (Lipinski definition) is 3. The zero-order valence-electron chi connectivity index (χ0n) is 12.1. The van der Waals surface area contributed by atoms with Gasteiger partial charge in [0, 0.05) is 29.7 Å². The van der Waals surface area contributed by atoms with E-state index in [0.29, 0.717) is 6.04 Å². The van der Waals surface area contributed by atoms with E-state index in [9.17, 15) is 0 Å². The van der Waals surface area contributed by atoms with Crippen molar-refractivity contribution in [3.05, 3.63) is 21.1 Å². The number of nitrogens with zero attached hydrogens (tertiary/aromatic N) is 1. The largest absolute Gasteiger partial charge is 0.495 e. The lowest BCUT2D eigenvalue weighted by Crippen LogP contribution is -2.39. The molecule has 1 aliphatic heterocycles. The van der Waals surface area contributed by atoms with Crippen LogP contribution in [0, 0.1) is 0 Å². The number of ether oxygens (including phenoxy) is 1. The molecule has 0 radical (unpaired) electrons. The van der Waals surface area contributed by atoms with Crippen LogP contribution < -0.4 is 10.1 Å². The standard InChI is InChI=1S/C15H22Br2N2O/c1-3-6-19-7-4-11(5-8-19)18-14-10-15(20-2)13(17)9-12(14)16/h9-11,18H,3-8H2,1-2H3. The molecule has 0 aliphatic carbocycles. The number of hydrogen-bond donors (Lipinski definition) is 1. The van der Waals surface area contributed by atoms with Gasteiger partial charge in [0.2, 0.25) is 0 Å². The van der Waals surface area contributed by atoms with Crippen molar-refractivity contribution >= 4 is 37.5 Å². The Morgan fingerprint density at radius 2 is 1.95 bits per heavy atom. The molecule has 0 saturated carbocycles. The van der Waals surface area contributed by atoms with Crippen molar-refractivity contribution in [1.29, 1.82) is 0 Å². The Bertz CT molecular complexity index is 446. The summed E-state index contributed by atoms with van der Waals surface area (Å²) in [6.45, 7) is 5.85. The van der Waals surface area contributed by atoms with Crippen molar-refractivity contribution in [2.45, 2.75) is 32.2 Å². The molecular formula is C15H22Br2N2O. The van der Waals surface area contributed by atoms with Gasteiger partial charge in [0.15, 0.2) is 0 Å². The summed E-state index contributed by atoms with van der Waals surface area (Å²) in [4.78, 5) is 2.55. The van der Waals surface area contributed by atoms with Gasteiger partial charge in [-0.2, -0.15) is 0 Å². The highest BCUT2D eigenvalue weighted by Gasteiger charge is 2.19. The van der Waals surface area contributed by atoms with Gasteiger partial charge in [-0.25, -0.2) is 0 Å². The maximum absolute atomic E-state index is 5.36. The highest BCUT2D eigenvalue weighted by atomic mass is 79.9. The van der Waals surface area contributed by atoms with Crippen molar-refractivity contribution in [3.63, 3.8) is 0 Å². The van der Waals surface area contributed by atoms with Crippen LogP contribution in [0.5, 0.6) is 5.75 Å². The summed E-state index contributed by atoms with van der Waals surface area (Å²) < 4.78 is 7.40. The molecule has 1 heterocycles. The van der Waals surface area contributed by atoms with E-state index in [2.05, 4.69) is 49.0 Å². The monoisotopic (exact) mass is 404 g/mol. The number of methoxy groups -OCH3 is 1. The second-order valence-electron chi connectivity index (χ2n) is 5.23. The Balaban J connectivity index is 1.97. The summed E-state index contributed by atoms with van der Waals surface area (Å²) in [6, 6.07) is 4.63. The van der Waals surface area contributed by atoms with Crippen LogP contribution in [-0.4, -0.2) is 37.7 Å². The lowest BCUT2D eigenvalue weighted by molar-refractivity contribution is 0.219. The summed E-state index contributed by atoms with van der Waals surface area (Å²) in [5.41, 5.74) is 1.11. The number of likely N-dealkylation sites (tertiary alicyclic amines) is 1. The Hall–Kier alpha value is -0.260. The van der Waals surface area contributed by atoms with Gasteiger partial charge >= 0.3 is 0 Å². The second-order valence-corrected chi connectivity index (χ2v) is 6.94. The van der Waals surface area contributed by atoms with Gasteiger partial charge in [-0.15, -0.1) is 0 Å². The SMILES string of the molecule is CCCN1CCC(Nc2cc(OC)c(Br)cc2Br)CC1. The van der Waals surface area contributed by atoms with Crippen molar-refractivity contribution < 1.29 is 4.74 Å². The fraction of sp³-hybridized carbons (Fsp3) is 0.600. The van der Waals surface area contributed by atoms with E-state index in [1.807, 2.05) is 12.1 Å². The number of nitrogens with one attached hydrogen (secondary N) is 1. The van der Waals surface area contributed by atoms with Crippen LogP contribution in [0.4, 0.5) is 5.69 Å². The van der Waals surface area contributed by atoms with Crippen molar-refractivity contribution in [2.75, 3.05) is 32.1 Å². The van der Waals surface area contributed by atoms with Crippen LogP contribution in [0.25, 0.3) is 0 Å². The Morgan fingerprint density at radius 1 is 1.25 bits per heavy atom. The zero-order chi connectivity index (χ0) is 14.5. The molecule has 5 heteroatoms. The first-order valence-corrected chi connectivity index (χ1v) is 8.74. The van der Waals surface area contributed by atoms with Crippen LogP contribution in [0.2, 0.25) is 0 Å².